The molecule has 1 aromatic rings. The summed E-state index contributed by atoms with van der Waals surface area (Å²) in [7, 11) is -0.738. The van der Waals surface area contributed by atoms with Crippen LogP contribution in [0.15, 0.2) is 30.3 Å². The zero-order chi connectivity index (χ0) is 12.3. The number of hydrogen-bond acceptors (Lipinski definition) is 1. The normalized spacial score (nSPS) is 20.8. The maximum atomic E-state index is 11.8. The van der Waals surface area contributed by atoms with Gasteiger partial charge in [0.15, 0.2) is 0 Å². The molecule has 0 radical (unpaired) electrons. The summed E-state index contributed by atoms with van der Waals surface area (Å²) in [5.41, 5.74) is 1.40. The zero-order valence-electron chi connectivity index (χ0n) is 10.6. The van der Waals surface area contributed by atoms with Crippen LogP contribution in [0.5, 0.6) is 0 Å². The lowest BCUT2D eigenvalue weighted by Gasteiger charge is -2.41. The third-order valence-corrected chi connectivity index (χ3v) is 5.21. The fourth-order valence-corrected chi connectivity index (χ4v) is 3.61. The van der Waals surface area contributed by atoms with Gasteiger partial charge in [0.1, 0.15) is 0 Å². The Bertz CT molecular complexity index is 373. The molecule has 2 rings (SSSR count). The Hall–Kier alpha value is -0.670. The Morgan fingerprint density at radius 3 is 2.59 bits per heavy atom. The van der Waals surface area contributed by atoms with Crippen LogP contribution >= 0.6 is 0 Å². The van der Waals surface area contributed by atoms with E-state index in [1.807, 2.05) is 0 Å². The lowest BCUT2D eigenvalue weighted by atomic mass is 9.84. The molecule has 0 spiro atoms. The molecular weight excluding hydrogens is 230 g/mol. The molecule has 94 valence electrons. The molecular formula is C14H21NOS. The minimum absolute atomic E-state index is 0.575. The van der Waals surface area contributed by atoms with Crippen LogP contribution < -0.4 is 0 Å². The third kappa shape index (κ3) is 2.96. The zero-order valence-corrected chi connectivity index (χ0v) is 11.5. The summed E-state index contributed by atoms with van der Waals surface area (Å²) in [5, 5.41) is 0. The number of benzene rings is 1. The van der Waals surface area contributed by atoms with E-state index in [1.54, 1.807) is 0 Å². The predicted octanol–water partition coefficient (Wildman–Crippen LogP) is 2.80. The Balaban J connectivity index is 1.86. The minimum Gasteiger partial charge on any atom is -0.243 e. The molecule has 17 heavy (non-hydrogen) atoms. The van der Waals surface area contributed by atoms with E-state index < -0.39 is 11.0 Å². The summed E-state index contributed by atoms with van der Waals surface area (Å²) < 4.78 is 13.9. The van der Waals surface area contributed by atoms with Crippen molar-refractivity contribution in [2.75, 3.05) is 18.8 Å². The molecule has 1 heterocycles. The van der Waals surface area contributed by atoms with Gasteiger partial charge >= 0.3 is 0 Å². The topological polar surface area (TPSA) is 20.3 Å². The van der Waals surface area contributed by atoms with Crippen LogP contribution in [0.25, 0.3) is 0 Å². The van der Waals surface area contributed by atoms with E-state index >= 15 is 0 Å². The first-order chi connectivity index (χ1) is 8.22. The Morgan fingerprint density at radius 1 is 1.35 bits per heavy atom. The van der Waals surface area contributed by atoms with Gasteiger partial charge in [0.25, 0.3) is 0 Å². The van der Waals surface area contributed by atoms with E-state index in [2.05, 4.69) is 48.5 Å². The van der Waals surface area contributed by atoms with E-state index in [-0.39, 0.29) is 0 Å². The van der Waals surface area contributed by atoms with Crippen molar-refractivity contribution in [3.05, 3.63) is 35.9 Å². The van der Waals surface area contributed by atoms with Gasteiger partial charge in [0.2, 0.25) is 0 Å². The van der Waals surface area contributed by atoms with Gasteiger partial charge in [-0.15, -0.1) is 0 Å². The molecule has 1 aromatic carbocycles. The van der Waals surface area contributed by atoms with Crippen LogP contribution in [0, 0.1) is 5.92 Å². The van der Waals surface area contributed by atoms with Crippen molar-refractivity contribution in [2.45, 2.75) is 26.2 Å². The molecule has 0 aromatic heterocycles. The molecule has 2 atom stereocenters. The van der Waals surface area contributed by atoms with Crippen molar-refractivity contribution in [1.82, 2.24) is 4.31 Å². The first-order valence-electron chi connectivity index (χ1n) is 6.40. The van der Waals surface area contributed by atoms with Crippen molar-refractivity contribution in [1.29, 1.82) is 0 Å². The van der Waals surface area contributed by atoms with Crippen molar-refractivity contribution >= 4 is 11.0 Å². The first kappa shape index (κ1) is 12.8. The Kier molecular flexibility index (Phi) is 4.35. The standard InChI is InChI=1S/C14H21NOS/c1-3-9-17(16)15-10-14(11-15)12(2)13-7-5-4-6-8-13/h4-8,12,14H,3,9-11H2,1-2H3. The highest BCUT2D eigenvalue weighted by molar-refractivity contribution is 7.82. The summed E-state index contributed by atoms with van der Waals surface area (Å²) in [6.45, 7) is 6.34. The van der Waals surface area contributed by atoms with E-state index in [1.165, 1.54) is 5.56 Å². The smallest absolute Gasteiger partial charge is 0.0942 e. The summed E-state index contributed by atoms with van der Waals surface area (Å²) in [5.74, 6) is 2.05. The lowest BCUT2D eigenvalue weighted by molar-refractivity contribution is 0.184. The summed E-state index contributed by atoms with van der Waals surface area (Å²) in [6.07, 6.45) is 1.00. The van der Waals surface area contributed by atoms with Crippen LogP contribution in [0.1, 0.15) is 31.7 Å². The summed E-state index contributed by atoms with van der Waals surface area (Å²) >= 11 is 0. The maximum absolute atomic E-state index is 11.8. The van der Waals surface area contributed by atoms with Gasteiger partial charge in [0.05, 0.1) is 11.0 Å². The minimum atomic E-state index is -0.738. The van der Waals surface area contributed by atoms with Crippen LogP contribution in [0.4, 0.5) is 0 Å². The van der Waals surface area contributed by atoms with Crippen molar-refractivity contribution in [2.24, 2.45) is 5.92 Å². The molecule has 0 saturated carbocycles. The van der Waals surface area contributed by atoms with Crippen LogP contribution in [0.2, 0.25) is 0 Å². The average Bonchev–Trinajstić information content (AvgIpc) is 2.28. The quantitative estimate of drug-likeness (QED) is 0.788. The molecule has 0 N–H and O–H groups in total. The van der Waals surface area contributed by atoms with E-state index in [9.17, 15) is 4.21 Å². The van der Waals surface area contributed by atoms with E-state index in [4.69, 9.17) is 0 Å². The van der Waals surface area contributed by atoms with E-state index in [0.29, 0.717) is 11.8 Å². The fraction of sp³-hybridized carbons (Fsp3) is 0.571. The first-order valence-corrected chi connectivity index (χ1v) is 7.68. The van der Waals surface area contributed by atoms with Gasteiger partial charge in [-0.3, -0.25) is 0 Å². The molecule has 1 aliphatic rings. The summed E-state index contributed by atoms with van der Waals surface area (Å²) in [4.78, 5) is 0. The second kappa shape index (κ2) is 5.78. The van der Waals surface area contributed by atoms with Gasteiger partial charge in [-0.25, -0.2) is 8.51 Å². The lowest BCUT2D eigenvalue weighted by Crippen LogP contribution is -2.49. The second-order valence-electron chi connectivity index (χ2n) is 4.83. The molecule has 1 fully saturated rings. The summed E-state index contributed by atoms with van der Waals surface area (Å²) in [6, 6.07) is 10.6. The molecule has 1 aliphatic heterocycles. The third-order valence-electron chi connectivity index (χ3n) is 3.58. The van der Waals surface area contributed by atoms with Gasteiger partial charge in [-0.05, 0) is 23.8 Å². The Morgan fingerprint density at radius 2 is 2.00 bits per heavy atom. The molecule has 1 saturated heterocycles. The van der Waals surface area contributed by atoms with Gasteiger partial charge < -0.3 is 0 Å². The predicted molar refractivity (Wildman–Crippen MR) is 73.2 cm³/mol. The maximum Gasteiger partial charge on any atom is 0.0942 e. The van der Waals surface area contributed by atoms with Crippen LogP contribution in [-0.2, 0) is 11.0 Å². The molecule has 0 aliphatic carbocycles. The van der Waals surface area contributed by atoms with Gasteiger partial charge in [-0.1, -0.05) is 44.2 Å². The molecule has 0 bridgehead atoms. The number of rotatable bonds is 5. The monoisotopic (exact) mass is 251 g/mol. The highest BCUT2D eigenvalue weighted by Crippen LogP contribution is 2.32. The van der Waals surface area contributed by atoms with Crippen molar-refractivity contribution in [3.63, 3.8) is 0 Å². The van der Waals surface area contributed by atoms with Crippen molar-refractivity contribution in [3.8, 4) is 0 Å². The SMILES string of the molecule is CCCS(=O)N1CC(C(C)c2ccccc2)C1. The highest BCUT2D eigenvalue weighted by atomic mass is 32.2. The molecule has 2 nitrogen and oxygen atoms in total. The number of nitrogens with zero attached hydrogens (tertiary/aromatic N) is 1. The van der Waals surface area contributed by atoms with Crippen molar-refractivity contribution < 1.29 is 4.21 Å². The number of hydrogen-bond donors (Lipinski definition) is 0. The van der Waals surface area contributed by atoms with Gasteiger partial charge in [0, 0.05) is 18.8 Å². The largest absolute Gasteiger partial charge is 0.243 e. The van der Waals surface area contributed by atoms with E-state index in [0.717, 1.165) is 25.3 Å². The Labute approximate surface area is 107 Å². The second-order valence-corrected chi connectivity index (χ2v) is 6.40. The van der Waals surface area contributed by atoms with Crippen LogP contribution in [0.3, 0.4) is 0 Å². The average molecular weight is 251 g/mol. The highest BCUT2D eigenvalue weighted by Gasteiger charge is 2.34. The molecule has 3 heteroatoms. The fourth-order valence-electron chi connectivity index (χ4n) is 2.28. The van der Waals surface area contributed by atoms with Gasteiger partial charge in [-0.2, -0.15) is 0 Å². The molecule has 2 unspecified atom stereocenters. The molecule has 0 amide bonds. The van der Waals surface area contributed by atoms with Crippen LogP contribution in [-0.4, -0.2) is 27.4 Å².